The summed E-state index contributed by atoms with van der Waals surface area (Å²) in [4.78, 5) is 11.7. The molecule has 0 saturated carbocycles. The molecule has 1 amide bonds. The van der Waals surface area contributed by atoms with Crippen LogP contribution in [-0.2, 0) is 4.79 Å². The summed E-state index contributed by atoms with van der Waals surface area (Å²) in [6.45, 7) is 0.692. The second-order valence-corrected chi connectivity index (χ2v) is 5.75. The average molecular weight is 307 g/mol. The van der Waals surface area contributed by atoms with Crippen LogP contribution in [0.25, 0.3) is 0 Å². The van der Waals surface area contributed by atoms with E-state index in [1.165, 1.54) is 0 Å². The smallest absolute Gasteiger partial charge is 0.225 e. The lowest BCUT2D eigenvalue weighted by atomic mass is 10.3. The molecule has 0 atom stereocenters. The maximum absolute atomic E-state index is 11.7. The number of amides is 1. The Morgan fingerprint density at radius 2 is 2.11 bits per heavy atom. The first-order valence-corrected chi connectivity index (χ1v) is 7.57. The van der Waals surface area contributed by atoms with Gasteiger partial charge in [-0.1, -0.05) is 23.2 Å². The molecule has 0 saturated heterocycles. The van der Waals surface area contributed by atoms with Crippen LogP contribution in [-0.4, -0.2) is 24.0 Å². The number of anilines is 1. The van der Waals surface area contributed by atoms with Crippen molar-refractivity contribution < 1.29 is 4.79 Å². The van der Waals surface area contributed by atoms with Crippen LogP contribution in [0.15, 0.2) is 18.2 Å². The van der Waals surface area contributed by atoms with E-state index in [0.717, 1.165) is 17.9 Å². The molecule has 0 heterocycles. The summed E-state index contributed by atoms with van der Waals surface area (Å²) in [5.41, 5.74) is 5.94. The van der Waals surface area contributed by atoms with E-state index in [9.17, 15) is 4.79 Å². The largest absolute Gasteiger partial charge is 0.330 e. The zero-order chi connectivity index (χ0) is 13.4. The normalized spacial score (nSPS) is 10.4. The first-order chi connectivity index (χ1) is 8.63. The molecule has 0 bridgehead atoms. The highest BCUT2D eigenvalue weighted by molar-refractivity contribution is 7.99. The van der Waals surface area contributed by atoms with E-state index in [1.807, 2.05) is 0 Å². The molecular weight excluding hydrogens is 291 g/mol. The van der Waals surface area contributed by atoms with Crippen molar-refractivity contribution in [3.8, 4) is 0 Å². The Kier molecular flexibility index (Phi) is 7.51. The predicted molar refractivity (Wildman–Crippen MR) is 80.7 cm³/mol. The van der Waals surface area contributed by atoms with Gasteiger partial charge in [0.05, 0.1) is 10.7 Å². The molecule has 0 aliphatic carbocycles. The highest BCUT2D eigenvalue weighted by Crippen LogP contribution is 2.25. The van der Waals surface area contributed by atoms with Crippen LogP contribution in [0.3, 0.4) is 0 Å². The van der Waals surface area contributed by atoms with Crippen LogP contribution in [0.2, 0.25) is 10.0 Å². The number of carbonyl (C=O) groups excluding carboxylic acids is 1. The van der Waals surface area contributed by atoms with Gasteiger partial charge in [-0.3, -0.25) is 4.79 Å². The number of halogens is 2. The van der Waals surface area contributed by atoms with Gasteiger partial charge in [0.2, 0.25) is 5.91 Å². The standard InChI is InChI=1S/C12H16Cl2N2OS/c13-9-2-3-10(14)11(8-9)16-12(17)4-7-18-6-1-5-15/h2-3,8H,1,4-7,15H2,(H,16,17). The molecule has 3 N–H and O–H groups in total. The van der Waals surface area contributed by atoms with Gasteiger partial charge in [-0.15, -0.1) is 0 Å². The summed E-state index contributed by atoms with van der Waals surface area (Å²) < 4.78 is 0. The van der Waals surface area contributed by atoms with Crippen molar-refractivity contribution in [2.24, 2.45) is 5.73 Å². The van der Waals surface area contributed by atoms with E-state index >= 15 is 0 Å². The fourth-order valence-electron chi connectivity index (χ4n) is 1.26. The molecule has 3 nitrogen and oxygen atoms in total. The van der Waals surface area contributed by atoms with Crippen LogP contribution in [0.1, 0.15) is 12.8 Å². The first kappa shape index (κ1) is 15.6. The van der Waals surface area contributed by atoms with Crippen molar-refractivity contribution in [3.63, 3.8) is 0 Å². The molecule has 0 aliphatic rings. The quantitative estimate of drug-likeness (QED) is 0.759. The van der Waals surface area contributed by atoms with Crippen molar-refractivity contribution in [2.45, 2.75) is 12.8 Å². The Morgan fingerprint density at radius 3 is 2.83 bits per heavy atom. The molecule has 1 aromatic carbocycles. The molecule has 0 fully saturated rings. The van der Waals surface area contributed by atoms with E-state index in [4.69, 9.17) is 28.9 Å². The Hall–Kier alpha value is -0.420. The highest BCUT2D eigenvalue weighted by Gasteiger charge is 2.06. The third-order valence-corrected chi connectivity index (χ3v) is 3.80. The van der Waals surface area contributed by atoms with E-state index in [1.54, 1.807) is 30.0 Å². The SMILES string of the molecule is NCCCSCCC(=O)Nc1cc(Cl)ccc1Cl. The number of nitrogens with two attached hydrogens (primary N) is 1. The summed E-state index contributed by atoms with van der Waals surface area (Å²) in [7, 11) is 0. The van der Waals surface area contributed by atoms with Gasteiger partial charge in [0, 0.05) is 17.2 Å². The van der Waals surface area contributed by atoms with Crippen molar-refractivity contribution in [3.05, 3.63) is 28.2 Å². The number of benzene rings is 1. The van der Waals surface area contributed by atoms with Gasteiger partial charge >= 0.3 is 0 Å². The van der Waals surface area contributed by atoms with Crippen molar-refractivity contribution in [1.82, 2.24) is 0 Å². The van der Waals surface area contributed by atoms with Gasteiger partial charge < -0.3 is 11.1 Å². The van der Waals surface area contributed by atoms with Crippen molar-refractivity contribution >= 4 is 46.6 Å². The Balaban J connectivity index is 2.33. The van der Waals surface area contributed by atoms with Gasteiger partial charge in [0.25, 0.3) is 0 Å². The maximum atomic E-state index is 11.7. The maximum Gasteiger partial charge on any atom is 0.225 e. The third-order valence-electron chi connectivity index (χ3n) is 2.17. The number of nitrogens with one attached hydrogen (secondary N) is 1. The monoisotopic (exact) mass is 306 g/mol. The van der Waals surface area contributed by atoms with Crippen LogP contribution in [0, 0.1) is 0 Å². The number of rotatable bonds is 7. The second-order valence-electron chi connectivity index (χ2n) is 3.68. The van der Waals surface area contributed by atoms with E-state index < -0.39 is 0 Å². The Bertz CT molecular complexity index is 402. The van der Waals surface area contributed by atoms with E-state index in [0.29, 0.717) is 28.7 Å². The van der Waals surface area contributed by atoms with Crippen LogP contribution >= 0.6 is 35.0 Å². The van der Waals surface area contributed by atoms with Crippen LogP contribution in [0.5, 0.6) is 0 Å². The summed E-state index contributed by atoms with van der Waals surface area (Å²) in [5, 5.41) is 3.79. The lowest BCUT2D eigenvalue weighted by Crippen LogP contribution is -2.12. The summed E-state index contributed by atoms with van der Waals surface area (Å²) in [6.07, 6.45) is 1.44. The first-order valence-electron chi connectivity index (χ1n) is 5.66. The fraction of sp³-hybridized carbons (Fsp3) is 0.417. The summed E-state index contributed by atoms with van der Waals surface area (Å²) >= 11 is 13.5. The third kappa shape index (κ3) is 5.96. The molecule has 0 spiro atoms. The van der Waals surface area contributed by atoms with Gasteiger partial charge in [0.15, 0.2) is 0 Å². The van der Waals surface area contributed by atoms with Gasteiger partial charge in [-0.25, -0.2) is 0 Å². The van der Waals surface area contributed by atoms with Crippen LogP contribution in [0.4, 0.5) is 5.69 Å². The molecule has 0 unspecified atom stereocenters. The van der Waals surface area contributed by atoms with E-state index in [2.05, 4.69) is 5.32 Å². The van der Waals surface area contributed by atoms with Gasteiger partial charge in [-0.05, 0) is 36.9 Å². The molecular formula is C12H16Cl2N2OS. The molecule has 1 aromatic rings. The lowest BCUT2D eigenvalue weighted by molar-refractivity contribution is -0.115. The molecule has 1 rings (SSSR count). The predicted octanol–water partition coefficient (Wildman–Crippen LogP) is 3.40. The molecule has 0 aliphatic heterocycles. The minimum atomic E-state index is -0.0561. The highest BCUT2D eigenvalue weighted by atomic mass is 35.5. The molecule has 0 aromatic heterocycles. The zero-order valence-corrected chi connectivity index (χ0v) is 12.2. The Labute approximate surface area is 121 Å². The molecule has 0 radical (unpaired) electrons. The summed E-state index contributed by atoms with van der Waals surface area (Å²) in [5.74, 6) is 1.71. The summed E-state index contributed by atoms with van der Waals surface area (Å²) in [6, 6.07) is 4.99. The van der Waals surface area contributed by atoms with E-state index in [-0.39, 0.29) is 5.91 Å². The average Bonchev–Trinajstić information content (AvgIpc) is 2.33. The molecule has 18 heavy (non-hydrogen) atoms. The molecule has 100 valence electrons. The second kappa shape index (κ2) is 8.64. The minimum Gasteiger partial charge on any atom is -0.330 e. The number of hydrogen-bond donors (Lipinski definition) is 2. The van der Waals surface area contributed by atoms with Crippen molar-refractivity contribution in [2.75, 3.05) is 23.4 Å². The topological polar surface area (TPSA) is 55.1 Å². The van der Waals surface area contributed by atoms with Crippen LogP contribution < -0.4 is 11.1 Å². The molecule has 6 heteroatoms. The van der Waals surface area contributed by atoms with Gasteiger partial charge in [0.1, 0.15) is 0 Å². The lowest BCUT2D eigenvalue weighted by Gasteiger charge is -2.07. The van der Waals surface area contributed by atoms with Gasteiger partial charge in [-0.2, -0.15) is 11.8 Å². The van der Waals surface area contributed by atoms with Crippen molar-refractivity contribution in [1.29, 1.82) is 0 Å². The number of hydrogen-bond acceptors (Lipinski definition) is 3. The fourth-order valence-corrected chi connectivity index (χ4v) is 2.50. The number of carbonyl (C=O) groups is 1. The Morgan fingerprint density at radius 1 is 1.33 bits per heavy atom. The minimum absolute atomic E-state index is 0.0561. The number of thioether (sulfide) groups is 1. The zero-order valence-electron chi connectivity index (χ0n) is 9.92.